The van der Waals surface area contributed by atoms with Crippen LogP contribution in [0.25, 0.3) is 0 Å². The van der Waals surface area contributed by atoms with Crippen molar-refractivity contribution in [2.75, 3.05) is 33.8 Å². The van der Waals surface area contributed by atoms with Gasteiger partial charge in [-0.1, -0.05) is 6.92 Å². The van der Waals surface area contributed by atoms with Gasteiger partial charge in [0.15, 0.2) is 0 Å². The van der Waals surface area contributed by atoms with Gasteiger partial charge in [-0.15, -0.1) is 0 Å². The predicted octanol–water partition coefficient (Wildman–Crippen LogP) is 0.724. The highest BCUT2D eigenvalue weighted by Gasteiger charge is 2.18. The Morgan fingerprint density at radius 3 is 2.56 bits per heavy atom. The highest BCUT2D eigenvalue weighted by Crippen LogP contribution is 2.00. The number of hydrogen-bond donors (Lipinski definition) is 1. The Morgan fingerprint density at radius 2 is 2.12 bits per heavy atom. The quantitative estimate of drug-likeness (QED) is 0.633. The monoisotopic (exact) mass is 238 g/mol. The van der Waals surface area contributed by atoms with E-state index in [9.17, 15) is 13.6 Å². The van der Waals surface area contributed by atoms with Crippen LogP contribution in [0.4, 0.5) is 8.78 Å². The largest absolute Gasteiger partial charge is 0.468 e. The molecule has 1 N–H and O–H groups in total. The lowest BCUT2D eigenvalue weighted by Gasteiger charge is -2.20. The van der Waals surface area contributed by atoms with E-state index in [2.05, 4.69) is 10.1 Å². The molecule has 16 heavy (non-hydrogen) atoms. The number of carbonyl (C=O) groups excluding carboxylic acids is 1. The number of rotatable bonds is 8. The number of esters is 1. The van der Waals surface area contributed by atoms with E-state index in [0.29, 0.717) is 19.5 Å². The SMILES string of the molecule is CCNC(CCN(C)CC(F)F)C(=O)OC. The maximum atomic E-state index is 12.0. The molecule has 0 fully saturated rings. The molecule has 0 saturated carbocycles. The highest BCUT2D eigenvalue weighted by molar-refractivity contribution is 5.75. The van der Waals surface area contributed by atoms with Crippen molar-refractivity contribution in [3.05, 3.63) is 0 Å². The fourth-order valence-electron chi connectivity index (χ4n) is 1.37. The molecule has 0 aromatic heterocycles. The second kappa shape index (κ2) is 8.41. The van der Waals surface area contributed by atoms with Crippen LogP contribution in [0.15, 0.2) is 0 Å². The third kappa shape index (κ3) is 6.68. The molecule has 1 atom stereocenters. The molecule has 96 valence electrons. The number of halogens is 2. The molecule has 0 bridgehead atoms. The molecule has 0 radical (unpaired) electrons. The van der Waals surface area contributed by atoms with Gasteiger partial charge in [-0.25, -0.2) is 8.78 Å². The Balaban J connectivity index is 3.96. The van der Waals surface area contributed by atoms with Gasteiger partial charge in [0.05, 0.1) is 13.7 Å². The van der Waals surface area contributed by atoms with E-state index in [1.807, 2.05) is 6.92 Å². The Labute approximate surface area is 94.9 Å². The van der Waals surface area contributed by atoms with E-state index in [0.717, 1.165) is 0 Å². The summed E-state index contributed by atoms with van der Waals surface area (Å²) in [5, 5.41) is 2.95. The van der Waals surface area contributed by atoms with E-state index in [1.165, 1.54) is 12.0 Å². The normalized spacial score (nSPS) is 13.2. The molecule has 0 spiro atoms. The smallest absolute Gasteiger partial charge is 0.322 e. The second-order valence-corrected chi connectivity index (χ2v) is 3.58. The molecule has 4 nitrogen and oxygen atoms in total. The summed E-state index contributed by atoms with van der Waals surface area (Å²) in [5.74, 6) is -0.354. The van der Waals surface area contributed by atoms with Crippen molar-refractivity contribution in [2.45, 2.75) is 25.8 Å². The van der Waals surface area contributed by atoms with Gasteiger partial charge >= 0.3 is 5.97 Å². The minimum Gasteiger partial charge on any atom is -0.468 e. The third-order valence-electron chi connectivity index (χ3n) is 2.19. The molecule has 0 saturated heterocycles. The van der Waals surface area contributed by atoms with Crippen LogP contribution < -0.4 is 5.32 Å². The number of alkyl halides is 2. The molecule has 0 aliphatic rings. The molecule has 0 rings (SSSR count). The van der Waals surface area contributed by atoms with Gasteiger partial charge in [0.25, 0.3) is 6.43 Å². The Morgan fingerprint density at radius 1 is 1.50 bits per heavy atom. The van der Waals surface area contributed by atoms with Crippen LogP contribution in [-0.4, -0.2) is 57.1 Å². The average molecular weight is 238 g/mol. The summed E-state index contributed by atoms with van der Waals surface area (Å²) >= 11 is 0. The molecule has 1 unspecified atom stereocenters. The molecule has 0 aliphatic carbocycles. The Hall–Kier alpha value is -0.750. The van der Waals surface area contributed by atoms with E-state index in [4.69, 9.17) is 0 Å². The van der Waals surface area contributed by atoms with Gasteiger partial charge in [-0.3, -0.25) is 4.79 Å². The highest BCUT2D eigenvalue weighted by atomic mass is 19.3. The van der Waals surface area contributed by atoms with Gasteiger partial charge in [-0.2, -0.15) is 0 Å². The number of ether oxygens (including phenoxy) is 1. The molecule has 0 aromatic carbocycles. The Bertz CT molecular complexity index is 203. The Kier molecular flexibility index (Phi) is 8.01. The van der Waals surface area contributed by atoms with E-state index >= 15 is 0 Å². The van der Waals surface area contributed by atoms with Crippen LogP contribution in [-0.2, 0) is 9.53 Å². The number of likely N-dealkylation sites (N-methyl/N-ethyl adjacent to an activating group) is 1. The zero-order valence-electron chi connectivity index (χ0n) is 10.0. The number of methoxy groups -OCH3 is 1. The summed E-state index contributed by atoms with van der Waals surface area (Å²) in [4.78, 5) is 12.8. The average Bonchev–Trinajstić information content (AvgIpc) is 2.22. The first-order valence-electron chi connectivity index (χ1n) is 5.29. The molecular weight excluding hydrogens is 218 g/mol. The zero-order chi connectivity index (χ0) is 12.6. The molecule has 0 amide bonds. The summed E-state index contributed by atoms with van der Waals surface area (Å²) in [7, 11) is 2.92. The van der Waals surface area contributed by atoms with E-state index < -0.39 is 12.5 Å². The molecule has 6 heteroatoms. The summed E-state index contributed by atoms with van der Waals surface area (Å²) in [6, 6.07) is -0.421. The number of nitrogens with zero attached hydrogens (tertiary/aromatic N) is 1. The topological polar surface area (TPSA) is 41.6 Å². The van der Waals surface area contributed by atoms with Crippen molar-refractivity contribution in [1.82, 2.24) is 10.2 Å². The van der Waals surface area contributed by atoms with Crippen LogP contribution in [0.1, 0.15) is 13.3 Å². The number of hydrogen-bond acceptors (Lipinski definition) is 4. The third-order valence-corrected chi connectivity index (χ3v) is 2.19. The lowest BCUT2D eigenvalue weighted by atomic mass is 10.2. The van der Waals surface area contributed by atoms with Crippen molar-refractivity contribution in [2.24, 2.45) is 0 Å². The van der Waals surface area contributed by atoms with Gasteiger partial charge < -0.3 is 15.0 Å². The van der Waals surface area contributed by atoms with Crippen LogP contribution in [0.2, 0.25) is 0 Å². The van der Waals surface area contributed by atoms with Gasteiger partial charge in [0, 0.05) is 6.54 Å². The van der Waals surface area contributed by atoms with Gasteiger partial charge in [-0.05, 0) is 20.0 Å². The predicted molar refractivity (Wildman–Crippen MR) is 57.6 cm³/mol. The molecule has 0 heterocycles. The number of carbonyl (C=O) groups is 1. The standard InChI is InChI=1S/C10H20F2N2O2/c1-4-13-8(10(15)16-3)5-6-14(2)7-9(11)12/h8-9,13H,4-7H2,1-3H3. The maximum Gasteiger partial charge on any atom is 0.322 e. The lowest BCUT2D eigenvalue weighted by Crippen LogP contribution is -2.40. The molecule has 0 aromatic rings. The first kappa shape index (κ1) is 15.2. The summed E-state index contributed by atoms with van der Waals surface area (Å²) in [6.45, 7) is 2.66. The van der Waals surface area contributed by atoms with Crippen molar-refractivity contribution >= 4 is 5.97 Å². The first-order chi connectivity index (χ1) is 7.51. The fraction of sp³-hybridized carbons (Fsp3) is 0.900. The number of nitrogens with one attached hydrogen (secondary N) is 1. The van der Waals surface area contributed by atoms with Crippen LogP contribution in [0.3, 0.4) is 0 Å². The second-order valence-electron chi connectivity index (χ2n) is 3.58. The summed E-state index contributed by atoms with van der Waals surface area (Å²) in [6.07, 6.45) is -1.88. The van der Waals surface area contributed by atoms with Crippen molar-refractivity contribution < 1.29 is 18.3 Å². The first-order valence-corrected chi connectivity index (χ1v) is 5.29. The van der Waals surface area contributed by atoms with Crippen molar-refractivity contribution in [1.29, 1.82) is 0 Å². The van der Waals surface area contributed by atoms with Gasteiger partial charge in [0.2, 0.25) is 0 Å². The lowest BCUT2D eigenvalue weighted by molar-refractivity contribution is -0.143. The van der Waals surface area contributed by atoms with E-state index in [-0.39, 0.29) is 12.5 Å². The zero-order valence-corrected chi connectivity index (χ0v) is 10.0. The minimum atomic E-state index is -2.35. The van der Waals surface area contributed by atoms with Gasteiger partial charge in [0.1, 0.15) is 6.04 Å². The molecule has 0 aliphatic heterocycles. The molecular formula is C10H20F2N2O2. The van der Waals surface area contributed by atoms with Crippen molar-refractivity contribution in [3.8, 4) is 0 Å². The van der Waals surface area contributed by atoms with Crippen LogP contribution in [0.5, 0.6) is 0 Å². The summed E-state index contributed by atoms with van der Waals surface area (Å²) < 4.78 is 28.7. The maximum absolute atomic E-state index is 12.0. The summed E-state index contributed by atoms with van der Waals surface area (Å²) in [5.41, 5.74) is 0. The fourth-order valence-corrected chi connectivity index (χ4v) is 1.37. The van der Waals surface area contributed by atoms with Crippen molar-refractivity contribution in [3.63, 3.8) is 0 Å². The van der Waals surface area contributed by atoms with Crippen LogP contribution in [0, 0.1) is 0 Å². The van der Waals surface area contributed by atoms with Crippen LogP contribution >= 0.6 is 0 Å². The minimum absolute atomic E-state index is 0.278. The van der Waals surface area contributed by atoms with E-state index in [1.54, 1.807) is 7.05 Å².